The number of nitrogens with zero attached hydrogens (tertiary/aromatic N) is 2. The molecule has 4 aliphatic rings. The SMILES string of the molecule is CC(C)(C)c1ccc(N2c3ccc(C(C)(C)C)cc3B3c4ccccc4-c4cc(N5c6ccccc6C6(C)CCCCC56C)cc2c43)cc1. The summed E-state index contributed by atoms with van der Waals surface area (Å²) in [6.45, 7) is 19.2. The number of rotatable bonds is 2. The summed E-state index contributed by atoms with van der Waals surface area (Å²) < 4.78 is 0. The molecule has 2 unspecified atom stereocenters. The van der Waals surface area contributed by atoms with Gasteiger partial charge in [0.1, 0.15) is 0 Å². The highest BCUT2D eigenvalue weighted by Gasteiger charge is 2.58. The third-order valence-corrected chi connectivity index (χ3v) is 12.9. The van der Waals surface area contributed by atoms with Gasteiger partial charge in [0.25, 0.3) is 0 Å². The molecule has 1 aliphatic carbocycles. The van der Waals surface area contributed by atoms with E-state index >= 15 is 0 Å². The average Bonchev–Trinajstić information content (AvgIpc) is 3.51. The molecular formula is C46H49BN2. The molecule has 5 aromatic rings. The minimum atomic E-state index is 0.000782. The van der Waals surface area contributed by atoms with Crippen LogP contribution in [0.3, 0.4) is 0 Å². The van der Waals surface area contributed by atoms with Crippen LogP contribution in [-0.4, -0.2) is 12.3 Å². The summed E-state index contributed by atoms with van der Waals surface area (Å²) in [5.74, 6) is 0. The van der Waals surface area contributed by atoms with Crippen LogP contribution < -0.4 is 26.2 Å². The van der Waals surface area contributed by atoms with Crippen LogP contribution in [0, 0.1) is 0 Å². The number of anilines is 5. The van der Waals surface area contributed by atoms with Gasteiger partial charge in [0, 0.05) is 33.9 Å². The van der Waals surface area contributed by atoms with Crippen LogP contribution in [0.4, 0.5) is 28.4 Å². The Morgan fingerprint density at radius 1 is 0.571 bits per heavy atom. The van der Waals surface area contributed by atoms with Gasteiger partial charge >= 0.3 is 0 Å². The first kappa shape index (κ1) is 30.8. The van der Waals surface area contributed by atoms with Crippen molar-refractivity contribution in [3.05, 3.63) is 120 Å². The van der Waals surface area contributed by atoms with Gasteiger partial charge in [-0.2, -0.15) is 0 Å². The fraction of sp³-hybridized carbons (Fsp3) is 0.348. The van der Waals surface area contributed by atoms with Crippen LogP contribution in [0.1, 0.15) is 97.8 Å². The lowest BCUT2D eigenvalue weighted by Gasteiger charge is -2.50. The maximum absolute atomic E-state index is 2.76. The third-order valence-electron chi connectivity index (χ3n) is 12.9. The van der Waals surface area contributed by atoms with E-state index in [1.807, 2.05) is 0 Å². The summed E-state index contributed by atoms with van der Waals surface area (Å²) in [6.07, 6.45) is 5.00. The quantitative estimate of drug-likeness (QED) is 0.174. The Balaban J connectivity index is 1.34. The minimum Gasteiger partial charge on any atom is -0.334 e. The van der Waals surface area contributed by atoms with Crippen LogP contribution in [0.15, 0.2) is 103 Å². The molecule has 3 heteroatoms. The summed E-state index contributed by atoms with van der Waals surface area (Å²) in [5.41, 5.74) is 18.1. The Labute approximate surface area is 294 Å². The van der Waals surface area contributed by atoms with Crippen molar-refractivity contribution in [1.82, 2.24) is 0 Å². The van der Waals surface area contributed by atoms with Gasteiger partial charge in [-0.05, 0) is 106 Å². The molecule has 49 heavy (non-hydrogen) atoms. The number of para-hydroxylation sites is 1. The number of hydrogen-bond donors (Lipinski definition) is 0. The van der Waals surface area contributed by atoms with Crippen molar-refractivity contribution >= 4 is 51.5 Å². The van der Waals surface area contributed by atoms with Crippen LogP contribution >= 0.6 is 0 Å². The van der Waals surface area contributed by atoms with Crippen molar-refractivity contribution in [3.63, 3.8) is 0 Å². The standard InChI is InChI=1S/C46H49BN2/c1-43(2,3)30-19-22-32(23-20-30)48-40-24-21-31(44(4,5)6)27-38(40)47-37-17-11-9-15-34(37)35-28-33(29-41(48)42(35)47)49-39-18-12-10-16-36(39)45(7)25-13-14-26-46(45,49)8/h9-12,15-24,27-29H,13-14,25-26H2,1-8H3. The lowest BCUT2D eigenvalue weighted by molar-refractivity contribution is 0.195. The molecule has 2 atom stereocenters. The first-order valence-corrected chi connectivity index (χ1v) is 18.5. The lowest BCUT2D eigenvalue weighted by Crippen LogP contribution is -2.56. The molecule has 1 saturated carbocycles. The van der Waals surface area contributed by atoms with Crippen molar-refractivity contribution in [2.75, 3.05) is 9.80 Å². The first-order chi connectivity index (χ1) is 23.3. The van der Waals surface area contributed by atoms with Gasteiger partial charge in [0.15, 0.2) is 0 Å². The van der Waals surface area contributed by atoms with Crippen molar-refractivity contribution in [1.29, 1.82) is 0 Å². The Morgan fingerprint density at radius 3 is 2.00 bits per heavy atom. The number of hydrogen-bond acceptors (Lipinski definition) is 2. The van der Waals surface area contributed by atoms with E-state index in [-0.39, 0.29) is 28.5 Å². The van der Waals surface area contributed by atoms with Gasteiger partial charge < -0.3 is 9.80 Å². The largest absolute Gasteiger partial charge is 0.334 e. The second-order valence-electron chi connectivity index (χ2n) is 17.8. The van der Waals surface area contributed by atoms with Gasteiger partial charge in [-0.1, -0.05) is 134 Å². The smallest absolute Gasteiger partial charge is 0.248 e. The fourth-order valence-electron chi connectivity index (χ4n) is 10.0. The molecule has 0 bridgehead atoms. The van der Waals surface area contributed by atoms with Gasteiger partial charge in [0.05, 0.1) is 5.54 Å². The van der Waals surface area contributed by atoms with Crippen LogP contribution in [0.2, 0.25) is 0 Å². The normalized spacial score (nSPS) is 22.0. The van der Waals surface area contributed by atoms with E-state index in [0.29, 0.717) is 0 Å². The molecule has 0 aromatic heterocycles. The molecule has 2 nitrogen and oxygen atoms in total. The van der Waals surface area contributed by atoms with Crippen LogP contribution in [0.25, 0.3) is 11.1 Å². The molecular weight excluding hydrogens is 591 g/mol. The molecule has 0 N–H and O–H groups in total. The summed E-state index contributed by atoms with van der Waals surface area (Å²) in [4.78, 5) is 5.34. The molecule has 3 aliphatic heterocycles. The van der Waals surface area contributed by atoms with Gasteiger partial charge in [-0.3, -0.25) is 0 Å². The molecule has 0 saturated heterocycles. The van der Waals surface area contributed by atoms with E-state index in [0.717, 1.165) is 0 Å². The fourth-order valence-corrected chi connectivity index (χ4v) is 10.0. The Kier molecular flexibility index (Phi) is 6.38. The zero-order valence-electron chi connectivity index (χ0n) is 30.6. The predicted molar refractivity (Wildman–Crippen MR) is 211 cm³/mol. The highest BCUT2D eigenvalue weighted by Crippen LogP contribution is 2.61. The highest BCUT2D eigenvalue weighted by molar-refractivity contribution is 7.01. The van der Waals surface area contributed by atoms with Crippen molar-refractivity contribution in [2.24, 2.45) is 0 Å². The zero-order valence-corrected chi connectivity index (χ0v) is 30.6. The summed E-state index contributed by atoms with van der Waals surface area (Å²) in [7, 11) is 0. The Morgan fingerprint density at radius 2 is 1.24 bits per heavy atom. The van der Waals surface area contributed by atoms with Gasteiger partial charge in [-0.25, -0.2) is 0 Å². The highest BCUT2D eigenvalue weighted by atomic mass is 15.3. The minimum absolute atomic E-state index is 0.000782. The van der Waals surface area contributed by atoms with Gasteiger partial charge in [-0.15, -0.1) is 0 Å². The van der Waals surface area contributed by atoms with Crippen LogP contribution in [0.5, 0.6) is 0 Å². The summed E-state index contributed by atoms with van der Waals surface area (Å²) >= 11 is 0. The number of benzene rings is 5. The van der Waals surface area contributed by atoms with E-state index in [1.165, 1.54) is 98.3 Å². The monoisotopic (exact) mass is 640 g/mol. The Hall–Kier alpha value is -4.24. The topological polar surface area (TPSA) is 6.48 Å². The maximum Gasteiger partial charge on any atom is 0.248 e. The average molecular weight is 641 g/mol. The van der Waals surface area contributed by atoms with Gasteiger partial charge in [0.2, 0.25) is 6.71 Å². The third kappa shape index (κ3) is 4.20. The molecule has 246 valence electrons. The van der Waals surface area contributed by atoms with Crippen LogP contribution in [-0.2, 0) is 16.2 Å². The molecule has 5 aromatic carbocycles. The zero-order chi connectivity index (χ0) is 34.1. The number of fused-ring (bicyclic) bond motifs is 8. The molecule has 9 rings (SSSR count). The summed E-state index contributed by atoms with van der Waals surface area (Å²) in [5, 5.41) is 0. The second kappa shape index (κ2) is 10.2. The molecule has 3 heterocycles. The second-order valence-corrected chi connectivity index (χ2v) is 17.8. The van der Waals surface area contributed by atoms with Crippen molar-refractivity contribution < 1.29 is 0 Å². The van der Waals surface area contributed by atoms with Crippen molar-refractivity contribution in [2.45, 2.75) is 103 Å². The Bertz CT molecular complexity index is 2150. The molecule has 0 amide bonds. The molecule has 0 radical (unpaired) electrons. The maximum atomic E-state index is 2.76. The van der Waals surface area contributed by atoms with Crippen molar-refractivity contribution in [3.8, 4) is 11.1 Å². The van der Waals surface area contributed by atoms with E-state index in [1.54, 1.807) is 0 Å². The van der Waals surface area contributed by atoms with E-state index in [2.05, 4.69) is 168 Å². The summed E-state index contributed by atoms with van der Waals surface area (Å²) in [6, 6.07) is 40.3. The van der Waals surface area contributed by atoms with E-state index in [9.17, 15) is 0 Å². The molecule has 0 spiro atoms. The predicted octanol–water partition coefficient (Wildman–Crippen LogP) is 10.3. The molecule has 1 fully saturated rings. The van der Waals surface area contributed by atoms with E-state index in [4.69, 9.17) is 0 Å². The first-order valence-electron chi connectivity index (χ1n) is 18.5. The van der Waals surface area contributed by atoms with E-state index < -0.39 is 0 Å². The lowest BCUT2D eigenvalue weighted by atomic mass is 9.37.